The predicted octanol–water partition coefficient (Wildman–Crippen LogP) is 0.721. The molecule has 3 heterocycles. The lowest BCUT2D eigenvalue weighted by atomic mass is 10.1. The van der Waals surface area contributed by atoms with Crippen molar-refractivity contribution in [2.24, 2.45) is 0 Å². The minimum atomic E-state index is -0.0882. The molecule has 17 heavy (non-hydrogen) atoms. The van der Waals surface area contributed by atoms with Crippen LogP contribution in [-0.2, 0) is 4.74 Å². The Morgan fingerprint density at radius 1 is 1.24 bits per heavy atom. The van der Waals surface area contributed by atoms with Crippen LogP contribution in [0, 0.1) is 0 Å². The summed E-state index contributed by atoms with van der Waals surface area (Å²) in [6.07, 6.45) is 3.64. The smallest absolute Gasteiger partial charge is 0.266 e. The molecule has 2 saturated heterocycles. The Morgan fingerprint density at radius 3 is 2.88 bits per heavy atom. The average molecular weight is 238 g/mol. The second-order valence-corrected chi connectivity index (χ2v) is 4.54. The van der Waals surface area contributed by atoms with E-state index >= 15 is 0 Å². The molecule has 0 aromatic carbocycles. The molecule has 0 aliphatic carbocycles. The number of nitrogens with zero attached hydrogens (tertiary/aromatic N) is 3. The Balaban J connectivity index is 1.68. The van der Waals surface area contributed by atoms with Gasteiger partial charge >= 0.3 is 0 Å². The van der Waals surface area contributed by atoms with Gasteiger partial charge in [0.1, 0.15) is 6.10 Å². The molecule has 6 nitrogen and oxygen atoms in total. The molecule has 1 unspecified atom stereocenters. The summed E-state index contributed by atoms with van der Waals surface area (Å²) >= 11 is 0. The molecule has 2 aliphatic rings. The lowest BCUT2D eigenvalue weighted by molar-refractivity contribution is 0.00755. The van der Waals surface area contributed by atoms with E-state index in [1.54, 1.807) is 0 Å². The maximum absolute atomic E-state index is 5.59. The van der Waals surface area contributed by atoms with E-state index in [0.29, 0.717) is 18.4 Å². The van der Waals surface area contributed by atoms with Gasteiger partial charge in [0.25, 0.3) is 11.8 Å². The van der Waals surface area contributed by atoms with Gasteiger partial charge in [-0.2, -0.15) is 4.98 Å². The highest BCUT2D eigenvalue weighted by Gasteiger charge is 2.24. The van der Waals surface area contributed by atoms with Crippen LogP contribution >= 0.6 is 0 Å². The minimum Gasteiger partial charge on any atom is -0.366 e. The molecule has 1 N–H and O–H groups in total. The third kappa shape index (κ3) is 2.42. The highest BCUT2D eigenvalue weighted by molar-refractivity contribution is 5.28. The van der Waals surface area contributed by atoms with Crippen LogP contribution in [0.1, 0.15) is 31.3 Å². The maximum atomic E-state index is 5.59. The molecule has 1 aromatic heterocycles. The third-order valence-electron chi connectivity index (χ3n) is 3.27. The van der Waals surface area contributed by atoms with Crippen molar-refractivity contribution in [2.75, 3.05) is 37.7 Å². The van der Waals surface area contributed by atoms with E-state index in [-0.39, 0.29) is 6.10 Å². The quantitative estimate of drug-likeness (QED) is 0.819. The van der Waals surface area contributed by atoms with Crippen LogP contribution in [-0.4, -0.2) is 42.9 Å². The Kier molecular flexibility index (Phi) is 3.24. The summed E-state index contributed by atoms with van der Waals surface area (Å²) in [5.74, 6) is 1.31. The average Bonchev–Trinajstić information content (AvgIpc) is 2.90. The summed E-state index contributed by atoms with van der Waals surface area (Å²) in [6.45, 7) is 4.41. The molecular weight excluding hydrogens is 220 g/mol. The second-order valence-electron chi connectivity index (χ2n) is 4.54. The van der Waals surface area contributed by atoms with Gasteiger partial charge in [0.15, 0.2) is 0 Å². The molecule has 2 aliphatic heterocycles. The number of aromatic nitrogens is 2. The SMILES string of the molecule is C1CCN(c2noc(C3CNCCO3)n2)CC1. The monoisotopic (exact) mass is 238 g/mol. The van der Waals surface area contributed by atoms with Gasteiger partial charge in [0.05, 0.1) is 6.61 Å². The molecule has 3 rings (SSSR count). The normalized spacial score (nSPS) is 26.1. The molecule has 0 amide bonds. The Labute approximate surface area is 100 Å². The predicted molar refractivity (Wildman–Crippen MR) is 61.9 cm³/mol. The largest absolute Gasteiger partial charge is 0.366 e. The number of nitrogens with one attached hydrogen (secondary N) is 1. The van der Waals surface area contributed by atoms with E-state index in [4.69, 9.17) is 9.26 Å². The third-order valence-corrected chi connectivity index (χ3v) is 3.27. The minimum absolute atomic E-state index is 0.0882. The van der Waals surface area contributed by atoms with E-state index in [1.165, 1.54) is 19.3 Å². The summed E-state index contributed by atoms with van der Waals surface area (Å²) in [5, 5.41) is 7.30. The van der Waals surface area contributed by atoms with Crippen molar-refractivity contribution in [1.29, 1.82) is 0 Å². The van der Waals surface area contributed by atoms with Crippen molar-refractivity contribution in [3.05, 3.63) is 5.89 Å². The molecular formula is C11H18N4O2. The van der Waals surface area contributed by atoms with Crippen LogP contribution in [0.15, 0.2) is 4.52 Å². The lowest BCUT2D eigenvalue weighted by Crippen LogP contribution is -2.33. The standard InChI is InChI=1S/C11H18N4O2/c1-2-5-15(6-3-1)11-13-10(17-14-11)9-8-12-4-7-16-9/h9,12H,1-8H2. The number of ether oxygens (including phenoxy) is 1. The van der Waals surface area contributed by atoms with Crippen LogP contribution in [0.4, 0.5) is 5.95 Å². The lowest BCUT2D eigenvalue weighted by Gasteiger charge is -2.24. The van der Waals surface area contributed by atoms with Gasteiger partial charge in [-0.1, -0.05) is 0 Å². The van der Waals surface area contributed by atoms with Crippen LogP contribution in [0.25, 0.3) is 0 Å². The van der Waals surface area contributed by atoms with Crippen molar-refractivity contribution >= 4 is 5.95 Å². The van der Waals surface area contributed by atoms with Crippen molar-refractivity contribution in [3.8, 4) is 0 Å². The Hall–Kier alpha value is -1.14. The number of hydrogen-bond donors (Lipinski definition) is 1. The first-order chi connectivity index (χ1) is 8.43. The van der Waals surface area contributed by atoms with E-state index < -0.39 is 0 Å². The first-order valence-electron chi connectivity index (χ1n) is 6.34. The molecule has 6 heteroatoms. The summed E-state index contributed by atoms with van der Waals surface area (Å²) in [4.78, 5) is 6.63. The number of hydrogen-bond acceptors (Lipinski definition) is 6. The summed E-state index contributed by atoms with van der Waals surface area (Å²) in [5.41, 5.74) is 0. The van der Waals surface area contributed by atoms with Crippen LogP contribution < -0.4 is 10.2 Å². The van der Waals surface area contributed by atoms with Crippen molar-refractivity contribution in [2.45, 2.75) is 25.4 Å². The van der Waals surface area contributed by atoms with E-state index in [2.05, 4.69) is 20.4 Å². The zero-order chi connectivity index (χ0) is 11.5. The van der Waals surface area contributed by atoms with Crippen molar-refractivity contribution in [3.63, 3.8) is 0 Å². The topological polar surface area (TPSA) is 63.4 Å². The molecule has 1 atom stereocenters. The zero-order valence-electron chi connectivity index (χ0n) is 9.89. The first kappa shape index (κ1) is 11.0. The fourth-order valence-corrected chi connectivity index (χ4v) is 2.30. The van der Waals surface area contributed by atoms with Gasteiger partial charge in [-0.05, 0) is 24.4 Å². The molecule has 0 bridgehead atoms. The fourth-order valence-electron chi connectivity index (χ4n) is 2.30. The highest BCUT2D eigenvalue weighted by atomic mass is 16.5. The zero-order valence-corrected chi connectivity index (χ0v) is 9.89. The molecule has 94 valence electrons. The van der Waals surface area contributed by atoms with Gasteiger partial charge in [-0.3, -0.25) is 0 Å². The first-order valence-corrected chi connectivity index (χ1v) is 6.34. The molecule has 1 aromatic rings. The van der Waals surface area contributed by atoms with Gasteiger partial charge in [0, 0.05) is 26.2 Å². The van der Waals surface area contributed by atoms with Gasteiger partial charge in [-0.15, -0.1) is 0 Å². The van der Waals surface area contributed by atoms with Gasteiger partial charge in [-0.25, -0.2) is 0 Å². The Morgan fingerprint density at radius 2 is 2.12 bits per heavy atom. The van der Waals surface area contributed by atoms with Gasteiger partial charge in [0.2, 0.25) is 0 Å². The number of morpholine rings is 1. The summed E-state index contributed by atoms with van der Waals surface area (Å²) in [6, 6.07) is 0. The molecule has 0 radical (unpaired) electrons. The number of piperidine rings is 1. The van der Waals surface area contributed by atoms with Gasteiger partial charge < -0.3 is 19.5 Å². The van der Waals surface area contributed by atoms with E-state index in [9.17, 15) is 0 Å². The molecule has 0 spiro atoms. The number of anilines is 1. The van der Waals surface area contributed by atoms with Crippen LogP contribution in [0.5, 0.6) is 0 Å². The second kappa shape index (κ2) is 5.01. The molecule has 0 saturated carbocycles. The van der Waals surface area contributed by atoms with Crippen molar-refractivity contribution in [1.82, 2.24) is 15.5 Å². The van der Waals surface area contributed by atoms with Crippen LogP contribution in [0.3, 0.4) is 0 Å². The van der Waals surface area contributed by atoms with Crippen LogP contribution in [0.2, 0.25) is 0 Å². The molecule has 2 fully saturated rings. The Bertz CT molecular complexity index is 324. The van der Waals surface area contributed by atoms with E-state index in [0.717, 1.165) is 26.2 Å². The summed E-state index contributed by atoms with van der Waals surface area (Å²) < 4.78 is 10.9. The van der Waals surface area contributed by atoms with Crippen molar-refractivity contribution < 1.29 is 9.26 Å². The van der Waals surface area contributed by atoms with E-state index in [1.807, 2.05) is 0 Å². The highest BCUT2D eigenvalue weighted by Crippen LogP contribution is 2.21. The fraction of sp³-hybridized carbons (Fsp3) is 0.818. The maximum Gasteiger partial charge on any atom is 0.266 e. The number of rotatable bonds is 2. The summed E-state index contributed by atoms with van der Waals surface area (Å²) in [7, 11) is 0.